The lowest BCUT2D eigenvalue weighted by atomic mass is 10.0. The van der Waals surface area contributed by atoms with Crippen LogP contribution in [0.2, 0.25) is 0 Å². The van der Waals surface area contributed by atoms with Crippen molar-refractivity contribution in [2.75, 3.05) is 13.2 Å². The monoisotopic (exact) mass is 347 g/mol. The van der Waals surface area contributed by atoms with E-state index >= 15 is 0 Å². The fourth-order valence-electron chi connectivity index (χ4n) is 2.87. The van der Waals surface area contributed by atoms with Crippen LogP contribution in [-0.4, -0.2) is 46.4 Å². The van der Waals surface area contributed by atoms with E-state index in [0.717, 1.165) is 21.7 Å². The number of aryl methyl sites for hydroxylation is 1. The number of carbonyl (C=O) groups excluding carboxylic acids is 1. The second kappa shape index (κ2) is 7.40. The quantitative estimate of drug-likeness (QED) is 0.647. The summed E-state index contributed by atoms with van der Waals surface area (Å²) >= 11 is 1.59. The molecule has 1 fully saturated rings. The summed E-state index contributed by atoms with van der Waals surface area (Å²) in [5.74, 6) is -0.201. The van der Waals surface area contributed by atoms with Gasteiger partial charge in [-0.3, -0.25) is 4.79 Å². The standard InChI is InChI=1S/C17H21N3O3S/c1-10-16(24-9-19-10)12-4-2-11(3-5-12)15(8-21)20-17(23)14-6-13(22)7-18-14/h2-5,9,13-15,18,21-22H,6-8H2,1H3,(H,20,23)/t13-,14+,15?/m1/s1. The first-order chi connectivity index (χ1) is 11.6. The van der Waals surface area contributed by atoms with E-state index in [9.17, 15) is 15.0 Å². The number of thiazole rings is 1. The van der Waals surface area contributed by atoms with Gasteiger partial charge < -0.3 is 20.8 Å². The normalized spacial score (nSPS) is 21.6. The van der Waals surface area contributed by atoms with Crippen molar-refractivity contribution < 1.29 is 15.0 Å². The summed E-state index contributed by atoms with van der Waals surface area (Å²) < 4.78 is 0. The first-order valence-electron chi connectivity index (χ1n) is 7.91. The van der Waals surface area contributed by atoms with Gasteiger partial charge in [-0.15, -0.1) is 11.3 Å². The van der Waals surface area contributed by atoms with Crippen LogP contribution in [0.15, 0.2) is 29.8 Å². The van der Waals surface area contributed by atoms with Crippen molar-refractivity contribution in [3.05, 3.63) is 41.0 Å². The van der Waals surface area contributed by atoms with Crippen molar-refractivity contribution in [3.8, 4) is 10.4 Å². The van der Waals surface area contributed by atoms with Crippen molar-refractivity contribution >= 4 is 17.2 Å². The number of amides is 1. The Morgan fingerprint density at radius 2 is 2.21 bits per heavy atom. The Labute approximate surface area is 144 Å². The second-order valence-corrected chi connectivity index (χ2v) is 6.84. The van der Waals surface area contributed by atoms with Gasteiger partial charge >= 0.3 is 0 Å². The number of nitrogens with zero attached hydrogens (tertiary/aromatic N) is 1. The molecular weight excluding hydrogens is 326 g/mol. The predicted octanol–water partition coefficient (Wildman–Crippen LogP) is 0.991. The highest BCUT2D eigenvalue weighted by atomic mass is 32.1. The molecule has 1 aliphatic rings. The number of aromatic nitrogens is 1. The molecule has 1 aromatic carbocycles. The van der Waals surface area contributed by atoms with E-state index in [-0.39, 0.29) is 12.5 Å². The van der Waals surface area contributed by atoms with Crippen LogP contribution in [0.3, 0.4) is 0 Å². The molecule has 24 heavy (non-hydrogen) atoms. The third-order valence-electron chi connectivity index (χ3n) is 4.24. The van der Waals surface area contributed by atoms with Crippen LogP contribution in [-0.2, 0) is 4.79 Å². The SMILES string of the molecule is Cc1ncsc1-c1ccc(C(CO)NC(=O)[C@@H]2C[C@@H](O)CN2)cc1. The van der Waals surface area contributed by atoms with Crippen LogP contribution in [0.4, 0.5) is 0 Å². The van der Waals surface area contributed by atoms with Gasteiger partial charge in [0.05, 0.1) is 40.9 Å². The summed E-state index contributed by atoms with van der Waals surface area (Å²) in [6, 6.07) is 6.89. The molecule has 6 nitrogen and oxygen atoms in total. The number of aliphatic hydroxyl groups excluding tert-OH is 2. The summed E-state index contributed by atoms with van der Waals surface area (Å²) in [5.41, 5.74) is 4.72. The van der Waals surface area contributed by atoms with Gasteiger partial charge in [-0.25, -0.2) is 4.98 Å². The average molecular weight is 347 g/mol. The first kappa shape index (κ1) is 17.0. The molecule has 3 rings (SSSR count). The molecule has 1 saturated heterocycles. The van der Waals surface area contributed by atoms with Gasteiger partial charge in [0.15, 0.2) is 0 Å². The zero-order valence-electron chi connectivity index (χ0n) is 13.4. The van der Waals surface area contributed by atoms with Gasteiger partial charge in [0.25, 0.3) is 0 Å². The molecule has 1 amide bonds. The Kier molecular flexibility index (Phi) is 5.25. The van der Waals surface area contributed by atoms with Gasteiger partial charge in [0, 0.05) is 6.54 Å². The lowest BCUT2D eigenvalue weighted by molar-refractivity contribution is -0.124. The molecule has 0 bridgehead atoms. The summed E-state index contributed by atoms with van der Waals surface area (Å²) in [6.07, 6.45) is -0.0941. The minimum absolute atomic E-state index is 0.181. The van der Waals surface area contributed by atoms with Gasteiger partial charge in [-0.2, -0.15) is 0 Å². The maximum absolute atomic E-state index is 12.2. The van der Waals surface area contributed by atoms with Gasteiger partial charge in [0.1, 0.15) is 0 Å². The molecule has 7 heteroatoms. The molecular formula is C17H21N3O3S. The molecule has 3 atom stereocenters. The smallest absolute Gasteiger partial charge is 0.237 e. The average Bonchev–Trinajstić information content (AvgIpc) is 3.21. The fourth-order valence-corrected chi connectivity index (χ4v) is 3.68. The Morgan fingerprint density at radius 1 is 1.46 bits per heavy atom. The van der Waals surface area contributed by atoms with Crippen LogP contribution >= 0.6 is 11.3 Å². The molecule has 2 aromatic rings. The Balaban J connectivity index is 1.69. The van der Waals surface area contributed by atoms with E-state index in [1.165, 1.54) is 0 Å². The molecule has 0 aliphatic carbocycles. The molecule has 0 saturated carbocycles. The molecule has 1 aliphatic heterocycles. The Morgan fingerprint density at radius 3 is 2.75 bits per heavy atom. The zero-order chi connectivity index (χ0) is 17.1. The van der Waals surface area contributed by atoms with Crippen molar-refractivity contribution in [1.82, 2.24) is 15.6 Å². The largest absolute Gasteiger partial charge is 0.394 e. The van der Waals surface area contributed by atoms with Crippen LogP contribution in [0.5, 0.6) is 0 Å². The number of hydrogen-bond acceptors (Lipinski definition) is 6. The molecule has 0 spiro atoms. The van der Waals surface area contributed by atoms with E-state index < -0.39 is 18.2 Å². The number of aliphatic hydroxyl groups is 2. The minimum atomic E-state index is -0.491. The van der Waals surface area contributed by atoms with Gasteiger partial charge in [-0.1, -0.05) is 24.3 Å². The zero-order valence-corrected chi connectivity index (χ0v) is 14.2. The number of benzene rings is 1. The maximum atomic E-state index is 12.2. The highest BCUT2D eigenvalue weighted by Crippen LogP contribution is 2.28. The van der Waals surface area contributed by atoms with Crippen LogP contribution < -0.4 is 10.6 Å². The molecule has 0 radical (unpaired) electrons. The summed E-state index contributed by atoms with van der Waals surface area (Å²) in [6.45, 7) is 2.21. The molecule has 128 valence electrons. The summed E-state index contributed by atoms with van der Waals surface area (Å²) in [7, 11) is 0. The minimum Gasteiger partial charge on any atom is -0.394 e. The molecule has 1 unspecified atom stereocenters. The predicted molar refractivity (Wildman–Crippen MR) is 92.7 cm³/mol. The van der Waals surface area contributed by atoms with Crippen LogP contribution in [0.1, 0.15) is 23.7 Å². The van der Waals surface area contributed by atoms with E-state index in [2.05, 4.69) is 15.6 Å². The topological polar surface area (TPSA) is 94.5 Å². The number of carbonyl (C=O) groups is 1. The number of hydrogen-bond donors (Lipinski definition) is 4. The van der Waals surface area contributed by atoms with E-state index in [4.69, 9.17) is 0 Å². The Bertz CT molecular complexity index is 701. The number of β-amino-alcohol motifs (C(OH)–C–C–N with tert-alkyl or cyclic N) is 1. The third-order valence-corrected chi connectivity index (χ3v) is 5.22. The van der Waals surface area contributed by atoms with Crippen LogP contribution in [0.25, 0.3) is 10.4 Å². The highest BCUT2D eigenvalue weighted by molar-refractivity contribution is 7.13. The first-order valence-corrected chi connectivity index (χ1v) is 8.79. The van der Waals surface area contributed by atoms with Crippen molar-refractivity contribution in [2.45, 2.75) is 31.5 Å². The third kappa shape index (κ3) is 3.64. The van der Waals surface area contributed by atoms with Crippen LogP contribution in [0, 0.1) is 6.92 Å². The lowest BCUT2D eigenvalue weighted by Crippen LogP contribution is -2.42. The van der Waals surface area contributed by atoms with Crippen molar-refractivity contribution in [3.63, 3.8) is 0 Å². The molecule has 4 N–H and O–H groups in total. The lowest BCUT2D eigenvalue weighted by Gasteiger charge is -2.19. The van der Waals surface area contributed by atoms with Gasteiger partial charge in [0.2, 0.25) is 5.91 Å². The second-order valence-electron chi connectivity index (χ2n) is 5.98. The Hall–Kier alpha value is -1.80. The number of nitrogens with one attached hydrogen (secondary N) is 2. The van der Waals surface area contributed by atoms with Crippen molar-refractivity contribution in [2.24, 2.45) is 0 Å². The van der Waals surface area contributed by atoms with E-state index in [1.54, 1.807) is 11.3 Å². The van der Waals surface area contributed by atoms with Gasteiger partial charge in [-0.05, 0) is 24.5 Å². The number of rotatable bonds is 5. The van der Waals surface area contributed by atoms with E-state index in [1.807, 2.05) is 36.7 Å². The van der Waals surface area contributed by atoms with E-state index in [0.29, 0.717) is 13.0 Å². The fraction of sp³-hybridized carbons (Fsp3) is 0.412. The summed E-state index contributed by atoms with van der Waals surface area (Å²) in [5, 5.41) is 24.9. The molecule has 1 aromatic heterocycles. The van der Waals surface area contributed by atoms with Crippen molar-refractivity contribution in [1.29, 1.82) is 0 Å². The molecule has 2 heterocycles. The highest BCUT2D eigenvalue weighted by Gasteiger charge is 2.29. The summed E-state index contributed by atoms with van der Waals surface area (Å²) in [4.78, 5) is 17.6. The maximum Gasteiger partial charge on any atom is 0.237 e.